The van der Waals surface area contributed by atoms with Gasteiger partial charge in [0.05, 0.1) is 16.3 Å². The van der Waals surface area contributed by atoms with Gasteiger partial charge < -0.3 is 5.32 Å². The number of amides is 2. The van der Waals surface area contributed by atoms with Gasteiger partial charge in [0, 0.05) is 12.4 Å². The lowest BCUT2D eigenvalue weighted by atomic mass is 10.2. The lowest BCUT2D eigenvalue weighted by Gasteiger charge is -2.08. The summed E-state index contributed by atoms with van der Waals surface area (Å²) in [6.45, 7) is 3.45. The third-order valence-electron chi connectivity index (χ3n) is 2.46. The Morgan fingerprint density at radius 1 is 1.00 bits per heavy atom. The second-order valence-corrected chi connectivity index (χ2v) is 4.35. The highest BCUT2D eigenvalue weighted by atomic mass is 35.5. The number of carbonyl (C=O) groups is 2. The molecule has 0 saturated carbocycles. The van der Waals surface area contributed by atoms with Gasteiger partial charge >= 0.3 is 0 Å². The van der Waals surface area contributed by atoms with E-state index in [1.165, 1.54) is 12.4 Å². The van der Waals surface area contributed by atoms with Crippen molar-refractivity contribution in [3.05, 3.63) is 59.9 Å². The third-order valence-corrected chi connectivity index (χ3v) is 2.79. The van der Waals surface area contributed by atoms with Crippen molar-refractivity contribution in [2.24, 2.45) is 0 Å². The summed E-state index contributed by atoms with van der Waals surface area (Å²) in [6, 6.07) is 8.28. The Morgan fingerprint density at radius 2 is 1.62 bits per heavy atom. The molecule has 0 fully saturated rings. The molecule has 7 heteroatoms. The first-order chi connectivity index (χ1) is 10.1. The molecule has 0 aliphatic heterocycles. The van der Waals surface area contributed by atoms with Gasteiger partial charge in [0.15, 0.2) is 0 Å². The van der Waals surface area contributed by atoms with Crippen molar-refractivity contribution in [2.75, 3.05) is 10.6 Å². The second-order valence-electron chi connectivity index (χ2n) is 3.94. The zero-order valence-electron chi connectivity index (χ0n) is 10.8. The Hall–Kier alpha value is -2.73. The van der Waals surface area contributed by atoms with Crippen LogP contribution in [0.3, 0.4) is 0 Å². The van der Waals surface area contributed by atoms with Crippen LogP contribution in [-0.2, 0) is 9.59 Å². The van der Waals surface area contributed by atoms with Gasteiger partial charge in [-0.05, 0) is 18.2 Å². The molecule has 0 bridgehead atoms. The predicted octanol–water partition coefficient (Wildman–Crippen LogP) is 2.26. The molecule has 0 radical (unpaired) electrons. The van der Waals surface area contributed by atoms with E-state index in [2.05, 4.69) is 27.2 Å². The Labute approximate surface area is 125 Å². The number of rotatable bonds is 4. The summed E-state index contributed by atoms with van der Waals surface area (Å²) in [4.78, 5) is 31.4. The van der Waals surface area contributed by atoms with Gasteiger partial charge in [-0.25, -0.2) is 9.97 Å². The molecular weight excluding hydrogens is 292 g/mol. The molecule has 0 aliphatic carbocycles. The minimum atomic E-state index is -0.689. The molecular formula is C14H11ClN4O2. The molecule has 0 atom stereocenters. The molecule has 2 aromatic rings. The zero-order chi connectivity index (χ0) is 15.2. The maximum Gasteiger partial charge on any atom is 0.263 e. The van der Waals surface area contributed by atoms with E-state index in [0.717, 1.165) is 0 Å². The van der Waals surface area contributed by atoms with E-state index >= 15 is 0 Å². The van der Waals surface area contributed by atoms with Crippen LogP contribution in [0.2, 0.25) is 5.02 Å². The number of carbonyl (C=O) groups excluding carboxylic acids is 2. The molecule has 21 heavy (non-hydrogen) atoms. The molecule has 1 heterocycles. The van der Waals surface area contributed by atoms with Gasteiger partial charge in [-0.15, -0.1) is 0 Å². The summed E-state index contributed by atoms with van der Waals surface area (Å²) in [6.07, 6.45) is 2.93. The first kappa shape index (κ1) is 14.7. The van der Waals surface area contributed by atoms with E-state index in [0.29, 0.717) is 10.7 Å². The number of para-hydroxylation sites is 1. The van der Waals surface area contributed by atoms with E-state index < -0.39 is 11.8 Å². The maximum atomic E-state index is 11.9. The average molecular weight is 303 g/mol. The Balaban J connectivity index is 2.01. The van der Waals surface area contributed by atoms with Gasteiger partial charge in [-0.2, -0.15) is 0 Å². The van der Waals surface area contributed by atoms with Crippen molar-refractivity contribution in [3.63, 3.8) is 0 Å². The average Bonchev–Trinajstić information content (AvgIpc) is 2.49. The third kappa shape index (κ3) is 3.87. The quantitative estimate of drug-likeness (QED) is 0.515. The fraction of sp³-hybridized carbons (Fsp3) is 0. The summed E-state index contributed by atoms with van der Waals surface area (Å²) >= 11 is 5.92. The maximum absolute atomic E-state index is 11.9. The Bertz CT molecular complexity index is 688. The van der Waals surface area contributed by atoms with Gasteiger partial charge in [-0.1, -0.05) is 30.3 Å². The minimum Gasteiger partial charge on any atom is -0.320 e. The summed E-state index contributed by atoms with van der Waals surface area (Å²) in [7, 11) is 0. The van der Waals surface area contributed by atoms with Crippen molar-refractivity contribution < 1.29 is 9.59 Å². The number of halogens is 1. The molecule has 106 valence electrons. The molecule has 2 rings (SSSR count). The number of nitrogens with zero attached hydrogens (tertiary/aromatic N) is 2. The number of anilines is 2. The van der Waals surface area contributed by atoms with Gasteiger partial charge in [0.1, 0.15) is 0 Å². The number of benzene rings is 1. The monoisotopic (exact) mass is 302 g/mol. The first-order valence-electron chi connectivity index (χ1n) is 5.91. The summed E-state index contributed by atoms with van der Waals surface area (Å²) in [5.74, 6) is -1.25. The van der Waals surface area contributed by atoms with Crippen LogP contribution in [0.15, 0.2) is 54.9 Å². The molecule has 0 spiro atoms. The molecule has 2 amide bonds. The molecule has 0 saturated heterocycles. The summed E-state index contributed by atoms with van der Waals surface area (Å²) < 4.78 is 0. The normalized spacial score (nSPS) is 9.76. The minimum absolute atomic E-state index is 0.0918. The number of hydrogen-bond acceptors (Lipinski definition) is 4. The standard InChI is InChI=1S/C14H11ClN4O2/c1-9(13(21)19-14-16-7-4-8-17-14)12(20)18-11-6-3-2-5-10(11)15/h2-8H,1H2,(H,18,20)(H,16,17,19,21). The van der Waals surface area contributed by atoms with Crippen molar-refractivity contribution >= 4 is 35.1 Å². The molecule has 6 nitrogen and oxygen atoms in total. The molecule has 0 unspecified atom stereocenters. The predicted molar refractivity (Wildman–Crippen MR) is 79.9 cm³/mol. The highest BCUT2D eigenvalue weighted by Crippen LogP contribution is 2.20. The number of nitrogens with one attached hydrogen (secondary N) is 2. The fourth-order valence-electron chi connectivity index (χ4n) is 1.40. The topological polar surface area (TPSA) is 84.0 Å². The lowest BCUT2D eigenvalue weighted by molar-refractivity contribution is -0.118. The molecule has 0 aliphatic rings. The van der Waals surface area contributed by atoms with Gasteiger partial charge in [-0.3, -0.25) is 14.9 Å². The van der Waals surface area contributed by atoms with Crippen LogP contribution < -0.4 is 10.6 Å². The summed E-state index contributed by atoms with van der Waals surface area (Å²) in [5.41, 5.74) is 0.122. The van der Waals surface area contributed by atoms with Gasteiger partial charge in [0.25, 0.3) is 11.8 Å². The van der Waals surface area contributed by atoms with E-state index in [1.807, 2.05) is 0 Å². The van der Waals surface area contributed by atoms with Crippen LogP contribution in [-0.4, -0.2) is 21.8 Å². The molecule has 1 aromatic heterocycles. The number of hydrogen-bond donors (Lipinski definition) is 2. The van der Waals surface area contributed by atoms with E-state index in [1.54, 1.807) is 30.3 Å². The Morgan fingerprint density at radius 3 is 2.29 bits per heavy atom. The first-order valence-corrected chi connectivity index (χ1v) is 6.29. The van der Waals surface area contributed by atoms with Crippen molar-refractivity contribution in [1.82, 2.24) is 9.97 Å². The largest absolute Gasteiger partial charge is 0.320 e. The number of aromatic nitrogens is 2. The smallest absolute Gasteiger partial charge is 0.263 e. The van der Waals surface area contributed by atoms with E-state index in [4.69, 9.17) is 11.6 Å². The van der Waals surface area contributed by atoms with Crippen LogP contribution >= 0.6 is 11.6 Å². The van der Waals surface area contributed by atoms with E-state index in [9.17, 15) is 9.59 Å². The lowest BCUT2D eigenvalue weighted by Crippen LogP contribution is -2.25. The van der Waals surface area contributed by atoms with Crippen molar-refractivity contribution in [3.8, 4) is 0 Å². The zero-order valence-corrected chi connectivity index (χ0v) is 11.6. The Kier molecular flexibility index (Phi) is 4.63. The SMILES string of the molecule is C=C(C(=O)Nc1ncccn1)C(=O)Nc1ccccc1Cl. The van der Waals surface area contributed by atoms with Crippen molar-refractivity contribution in [1.29, 1.82) is 0 Å². The van der Waals surface area contributed by atoms with Crippen LogP contribution in [0, 0.1) is 0 Å². The second kappa shape index (κ2) is 6.62. The highest BCUT2D eigenvalue weighted by Gasteiger charge is 2.17. The van der Waals surface area contributed by atoms with Crippen LogP contribution in [0.5, 0.6) is 0 Å². The molecule has 1 aromatic carbocycles. The van der Waals surface area contributed by atoms with Gasteiger partial charge in [0.2, 0.25) is 5.95 Å². The van der Waals surface area contributed by atoms with Crippen LogP contribution in [0.1, 0.15) is 0 Å². The van der Waals surface area contributed by atoms with Crippen molar-refractivity contribution in [2.45, 2.75) is 0 Å². The van der Waals surface area contributed by atoms with Crippen LogP contribution in [0.25, 0.3) is 0 Å². The fourth-order valence-corrected chi connectivity index (χ4v) is 1.59. The highest BCUT2D eigenvalue weighted by molar-refractivity contribution is 6.34. The molecule has 2 N–H and O–H groups in total. The summed E-state index contributed by atoms with van der Waals surface area (Å²) in [5, 5.41) is 5.24. The van der Waals surface area contributed by atoms with E-state index in [-0.39, 0.29) is 11.5 Å². The van der Waals surface area contributed by atoms with Crippen LogP contribution in [0.4, 0.5) is 11.6 Å².